The van der Waals surface area contributed by atoms with Crippen molar-refractivity contribution in [3.05, 3.63) is 227 Å². The highest BCUT2D eigenvalue weighted by Crippen LogP contribution is 2.52. The predicted molar refractivity (Wildman–Crippen MR) is 292 cm³/mol. The van der Waals surface area contributed by atoms with Crippen LogP contribution in [0.2, 0.25) is 0 Å². The molecule has 0 saturated heterocycles. The van der Waals surface area contributed by atoms with Crippen LogP contribution in [0.4, 0.5) is 0 Å². The number of hydrogen-bond donors (Lipinski definition) is 0. The average Bonchev–Trinajstić information content (AvgIpc) is 3.60. The molecule has 10 aromatic carbocycles. The Morgan fingerprint density at radius 2 is 0.897 bits per heavy atom. The molecule has 3 aliphatic rings. The van der Waals surface area contributed by atoms with Gasteiger partial charge in [0.2, 0.25) is 0 Å². The summed E-state index contributed by atoms with van der Waals surface area (Å²) >= 11 is 0. The summed E-state index contributed by atoms with van der Waals surface area (Å²) < 4.78 is 0. The van der Waals surface area contributed by atoms with E-state index < -0.39 is 0 Å². The number of benzene rings is 10. The van der Waals surface area contributed by atoms with Crippen LogP contribution in [0, 0.1) is 12.3 Å². The normalized spacial score (nSPS) is 14.5. The summed E-state index contributed by atoms with van der Waals surface area (Å²) in [5.41, 5.74) is 26.8. The van der Waals surface area contributed by atoms with Gasteiger partial charge in [0, 0.05) is 5.41 Å². The van der Waals surface area contributed by atoms with E-state index in [1.807, 2.05) is 0 Å². The fourth-order valence-electron chi connectivity index (χ4n) is 12.1. The average molecular weight is 871 g/mol. The van der Waals surface area contributed by atoms with E-state index in [1.54, 1.807) is 0 Å². The third kappa shape index (κ3) is 6.27. The molecule has 10 aromatic rings. The fraction of sp³-hybridized carbons (Fsp3) is 0.147. The SMILES string of the molecule is Cc1c2ccccc2c(-c2ccc(-c3ccc(-c4ccc5c(c4)C(C)(C)c4cc(-c6ccc(-c7ccc8c9c%10c(ccc79)C=C(C(C)(C)C)CC%10=CC8)cc6)ccc4-5)cc3)cc2)c2ccccc12. The van der Waals surface area contributed by atoms with E-state index in [-0.39, 0.29) is 10.8 Å². The van der Waals surface area contributed by atoms with Crippen molar-refractivity contribution in [2.45, 2.75) is 59.8 Å². The zero-order valence-corrected chi connectivity index (χ0v) is 39.9. The number of rotatable bonds is 5. The minimum atomic E-state index is -0.132. The molecule has 0 heterocycles. The summed E-state index contributed by atoms with van der Waals surface area (Å²) in [6.45, 7) is 14.1. The van der Waals surface area contributed by atoms with Crippen molar-refractivity contribution in [2.75, 3.05) is 0 Å². The minimum Gasteiger partial charge on any atom is -0.0759 e. The lowest BCUT2D eigenvalue weighted by molar-refractivity contribution is 0.498. The predicted octanol–water partition coefficient (Wildman–Crippen LogP) is 18.9. The van der Waals surface area contributed by atoms with E-state index in [4.69, 9.17) is 0 Å². The lowest BCUT2D eigenvalue weighted by atomic mass is 9.72. The lowest BCUT2D eigenvalue weighted by Crippen LogP contribution is -2.15. The number of allylic oxidation sites excluding steroid dienone is 3. The Morgan fingerprint density at radius 1 is 0.426 bits per heavy atom. The van der Waals surface area contributed by atoms with E-state index in [1.165, 1.54) is 144 Å². The molecule has 0 fully saturated rings. The maximum atomic E-state index is 2.48. The van der Waals surface area contributed by atoms with Crippen LogP contribution in [0.3, 0.4) is 0 Å². The molecule has 68 heavy (non-hydrogen) atoms. The van der Waals surface area contributed by atoms with Gasteiger partial charge in [0.05, 0.1) is 0 Å². The highest BCUT2D eigenvalue weighted by Gasteiger charge is 2.36. The Labute approximate surface area is 401 Å². The van der Waals surface area contributed by atoms with Gasteiger partial charge in [-0.15, -0.1) is 0 Å². The summed E-state index contributed by atoms with van der Waals surface area (Å²) in [6, 6.07) is 68.9. The van der Waals surface area contributed by atoms with Crippen LogP contribution in [0.1, 0.15) is 74.4 Å². The van der Waals surface area contributed by atoms with Crippen molar-refractivity contribution in [1.82, 2.24) is 0 Å². The molecule has 0 unspecified atom stereocenters. The van der Waals surface area contributed by atoms with Crippen LogP contribution >= 0.6 is 0 Å². The molecular weight excluding hydrogens is 817 g/mol. The first-order chi connectivity index (χ1) is 33.0. The van der Waals surface area contributed by atoms with Crippen molar-refractivity contribution >= 4 is 44.0 Å². The van der Waals surface area contributed by atoms with Crippen molar-refractivity contribution in [1.29, 1.82) is 0 Å². The molecule has 0 amide bonds. The fourth-order valence-corrected chi connectivity index (χ4v) is 12.1. The smallest absolute Gasteiger partial charge is 0.0159 e. The van der Waals surface area contributed by atoms with Crippen LogP contribution < -0.4 is 0 Å². The number of hydrogen-bond acceptors (Lipinski definition) is 0. The van der Waals surface area contributed by atoms with Crippen LogP contribution in [-0.2, 0) is 11.8 Å². The van der Waals surface area contributed by atoms with Crippen molar-refractivity contribution in [3.63, 3.8) is 0 Å². The van der Waals surface area contributed by atoms with Gasteiger partial charge in [0.25, 0.3) is 0 Å². The Kier molecular flexibility index (Phi) is 8.97. The molecular formula is C68H54. The van der Waals surface area contributed by atoms with Crippen LogP contribution in [-0.4, -0.2) is 0 Å². The summed E-state index contributed by atoms with van der Waals surface area (Å²) in [4.78, 5) is 0. The van der Waals surface area contributed by atoms with Crippen LogP contribution in [0.5, 0.6) is 0 Å². The second-order valence-corrected chi connectivity index (χ2v) is 21.2. The topological polar surface area (TPSA) is 0 Å². The van der Waals surface area contributed by atoms with Crippen molar-refractivity contribution in [3.8, 4) is 66.8 Å². The van der Waals surface area contributed by atoms with Gasteiger partial charge in [0.15, 0.2) is 0 Å². The second-order valence-electron chi connectivity index (χ2n) is 21.2. The Hall–Kier alpha value is -7.54. The quantitative estimate of drug-likeness (QED) is 0.151. The summed E-state index contributed by atoms with van der Waals surface area (Å²) in [5, 5.41) is 8.07. The molecule has 0 nitrogen and oxygen atoms in total. The van der Waals surface area contributed by atoms with E-state index in [0.29, 0.717) is 0 Å². The molecule has 0 atom stereocenters. The summed E-state index contributed by atoms with van der Waals surface area (Å²) in [7, 11) is 0. The Balaban J connectivity index is 0.763. The first-order valence-electron chi connectivity index (χ1n) is 24.5. The zero-order chi connectivity index (χ0) is 46.1. The molecule has 0 bridgehead atoms. The van der Waals surface area contributed by atoms with Gasteiger partial charge < -0.3 is 0 Å². The maximum absolute atomic E-state index is 2.48. The second kappa shape index (κ2) is 15.0. The van der Waals surface area contributed by atoms with Gasteiger partial charge in [-0.3, -0.25) is 0 Å². The molecule has 13 rings (SSSR count). The third-order valence-electron chi connectivity index (χ3n) is 16.0. The molecule has 0 spiro atoms. The van der Waals surface area contributed by atoms with Gasteiger partial charge in [0.1, 0.15) is 0 Å². The minimum absolute atomic E-state index is 0.132. The monoisotopic (exact) mass is 870 g/mol. The van der Waals surface area contributed by atoms with Gasteiger partial charge >= 0.3 is 0 Å². The zero-order valence-electron chi connectivity index (χ0n) is 39.9. The van der Waals surface area contributed by atoms with E-state index >= 15 is 0 Å². The molecule has 0 aromatic heterocycles. The molecule has 3 aliphatic carbocycles. The molecule has 0 saturated carbocycles. The largest absolute Gasteiger partial charge is 0.0759 e. The van der Waals surface area contributed by atoms with Gasteiger partial charge in [-0.25, -0.2) is 0 Å². The lowest BCUT2D eigenvalue weighted by Gasteiger charge is -2.32. The van der Waals surface area contributed by atoms with Gasteiger partial charge in [-0.05, 0) is 175 Å². The summed E-state index contributed by atoms with van der Waals surface area (Å²) in [6.07, 6.45) is 7.01. The molecule has 326 valence electrons. The molecule has 0 N–H and O–H groups in total. The van der Waals surface area contributed by atoms with E-state index in [9.17, 15) is 0 Å². The van der Waals surface area contributed by atoms with Gasteiger partial charge in [-0.1, -0.05) is 222 Å². The van der Waals surface area contributed by atoms with Gasteiger partial charge in [-0.2, -0.15) is 0 Å². The molecule has 0 heteroatoms. The number of fused-ring (bicyclic) bond motifs is 5. The van der Waals surface area contributed by atoms with Crippen LogP contribution in [0.15, 0.2) is 194 Å². The molecule has 0 radical (unpaired) electrons. The molecule has 0 aliphatic heterocycles. The third-order valence-corrected chi connectivity index (χ3v) is 16.0. The van der Waals surface area contributed by atoms with Crippen LogP contribution in [0.25, 0.3) is 111 Å². The Morgan fingerprint density at radius 3 is 1.44 bits per heavy atom. The maximum Gasteiger partial charge on any atom is 0.0159 e. The van der Waals surface area contributed by atoms with Crippen molar-refractivity contribution < 1.29 is 0 Å². The first-order valence-corrected chi connectivity index (χ1v) is 24.5. The standard InChI is InChI=1S/C68H54/c1-41-54-11-7-9-13-59(54)65(60-14-10-8-12-55(41)60)47-25-21-43(22-26-47)42-15-17-44(18-16-42)49-30-34-57-58-35-31-50(40-63(58)68(5,6)62(57)39-49)45-19-23-46(24-20-45)56-33-29-48-27-28-51-37-53(67(2,3)4)38-52-32-36-61(56)66(48)64(51)52/h7-26,28-36,38-40H,27,37H2,1-6H3. The highest BCUT2D eigenvalue weighted by molar-refractivity contribution is 6.15. The highest BCUT2D eigenvalue weighted by atomic mass is 14.4. The van der Waals surface area contributed by atoms with E-state index in [0.717, 1.165) is 12.8 Å². The number of aryl methyl sites for hydroxylation is 1. The first kappa shape index (κ1) is 40.7. The summed E-state index contributed by atoms with van der Waals surface area (Å²) in [5.74, 6) is 0. The van der Waals surface area contributed by atoms with Crippen molar-refractivity contribution in [2.24, 2.45) is 5.41 Å². The Bertz CT molecular complexity index is 3750. The van der Waals surface area contributed by atoms with E-state index in [2.05, 4.69) is 236 Å².